The number of fused-ring (bicyclic) bond motifs is 1. The topological polar surface area (TPSA) is 105 Å². The van der Waals surface area contributed by atoms with Crippen LogP contribution in [0.4, 0.5) is 18.0 Å². The van der Waals surface area contributed by atoms with Gasteiger partial charge in [0.25, 0.3) is 0 Å². The van der Waals surface area contributed by atoms with Crippen molar-refractivity contribution in [3.05, 3.63) is 119 Å². The molecule has 0 saturated heterocycles. The van der Waals surface area contributed by atoms with Crippen LogP contribution in [-0.4, -0.2) is 41.1 Å². The fourth-order valence-corrected chi connectivity index (χ4v) is 5.04. The highest BCUT2D eigenvalue weighted by atomic mass is 19.4. The van der Waals surface area contributed by atoms with Gasteiger partial charge in [-0.05, 0) is 70.6 Å². The second kappa shape index (κ2) is 13.5. The standard InChI is InChI=1S/C34H29F3N2O6/c35-34(36,37)26-11-14-27(15-12-26)45-28-13-10-25-17-19-39(33(42)43)31(29(25)20-28)32(41)38-18-16-30(40)44-21-22-6-8-24(9-7-22)23-4-2-1-3-5-23/h1-15,20,31H,16-19,21H2,(H,38,41)(H,42,43)/t31-/m0/s1. The van der Waals surface area contributed by atoms with Gasteiger partial charge in [0.2, 0.25) is 5.91 Å². The first-order valence-corrected chi connectivity index (χ1v) is 14.1. The smallest absolute Gasteiger partial charge is 0.416 e. The molecule has 11 heteroatoms. The fraction of sp³-hybridized carbons (Fsp3) is 0.206. The largest absolute Gasteiger partial charge is 0.465 e. The number of halogens is 3. The molecule has 1 aliphatic rings. The number of carbonyl (C=O) groups is 3. The molecule has 4 aromatic rings. The van der Waals surface area contributed by atoms with Crippen molar-refractivity contribution >= 4 is 18.0 Å². The summed E-state index contributed by atoms with van der Waals surface area (Å²) >= 11 is 0. The summed E-state index contributed by atoms with van der Waals surface area (Å²) in [5.41, 5.74) is 3.19. The Hall–Kier alpha value is -5.32. The highest BCUT2D eigenvalue weighted by Crippen LogP contribution is 2.35. The molecule has 2 amide bonds. The van der Waals surface area contributed by atoms with Gasteiger partial charge < -0.3 is 19.9 Å². The maximum Gasteiger partial charge on any atom is 0.416 e. The summed E-state index contributed by atoms with van der Waals surface area (Å²) in [5.74, 6) is -0.803. The Balaban J connectivity index is 1.18. The van der Waals surface area contributed by atoms with E-state index < -0.39 is 35.8 Å². The molecule has 4 aromatic carbocycles. The lowest BCUT2D eigenvalue weighted by atomic mass is 9.92. The molecule has 0 spiro atoms. The number of carboxylic acid groups (broad SMARTS) is 1. The number of benzene rings is 4. The van der Waals surface area contributed by atoms with E-state index in [0.717, 1.165) is 39.3 Å². The Labute approximate surface area is 257 Å². The molecule has 0 fully saturated rings. The molecule has 1 aliphatic heterocycles. The van der Waals surface area contributed by atoms with Gasteiger partial charge in [-0.1, -0.05) is 60.7 Å². The minimum atomic E-state index is -4.49. The quantitative estimate of drug-likeness (QED) is 0.196. The molecular weight excluding hydrogens is 589 g/mol. The Kier molecular flexibility index (Phi) is 9.36. The highest BCUT2D eigenvalue weighted by molar-refractivity contribution is 5.88. The zero-order valence-electron chi connectivity index (χ0n) is 23.9. The predicted molar refractivity (Wildman–Crippen MR) is 158 cm³/mol. The maximum absolute atomic E-state index is 13.3. The molecule has 0 unspecified atom stereocenters. The van der Waals surface area contributed by atoms with Crippen LogP contribution in [0.5, 0.6) is 11.5 Å². The summed E-state index contributed by atoms with van der Waals surface area (Å²) in [6.45, 7) is 0.0582. The maximum atomic E-state index is 13.3. The van der Waals surface area contributed by atoms with Crippen LogP contribution in [-0.2, 0) is 33.5 Å². The van der Waals surface area contributed by atoms with E-state index in [0.29, 0.717) is 12.0 Å². The molecule has 2 N–H and O–H groups in total. The molecule has 232 valence electrons. The summed E-state index contributed by atoms with van der Waals surface area (Å²) < 4.78 is 49.8. The minimum Gasteiger partial charge on any atom is -0.465 e. The Morgan fingerprint density at radius 2 is 1.53 bits per heavy atom. The van der Waals surface area contributed by atoms with Crippen LogP contribution in [0.1, 0.15) is 34.7 Å². The summed E-state index contributed by atoms with van der Waals surface area (Å²) in [4.78, 5) is 38.7. The predicted octanol–water partition coefficient (Wildman–Crippen LogP) is 6.99. The third kappa shape index (κ3) is 7.80. The first kappa shape index (κ1) is 31.1. The number of carbonyl (C=O) groups excluding carboxylic acids is 2. The first-order valence-electron chi connectivity index (χ1n) is 14.1. The molecule has 0 saturated carbocycles. The summed E-state index contributed by atoms with van der Waals surface area (Å²) in [6.07, 6.45) is -5.56. The van der Waals surface area contributed by atoms with Crippen molar-refractivity contribution in [3.63, 3.8) is 0 Å². The van der Waals surface area contributed by atoms with E-state index in [2.05, 4.69) is 5.32 Å². The number of esters is 1. The van der Waals surface area contributed by atoms with Crippen molar-refractivity contribution in [1.29, 1.82) is 0 Å². The van der Waals surface area contributed by atoms with Crippen LogP contribution >= 0.6 is 0 Å². The molecule has 45 heavy (non-hydrogen) atoms. The van der Waals surface area contributed by atoms with E-state index in [9.17, 15) is 32.7 Å². The average Bonchev–Trinajstić information content (AvgIpc) is 3.03. The van der Waals surface area contributed by atoms with Crippen LogP contribution in [0.2, 0.25) is 0 Å². The van der Waals surface area contributed by atoms with Crippen molar-refractivity contribution < 1.29 is 42.1 Å². The average molecular weight is 619 g/mol. The van der Waals surface area contributed by atoms with Gasteiger partial charge >= 0.3 is 18.2 Å². The fourth-order valence-electron chi connectivity index (χ4n) is 5.04. The number of amides is 2. The number of nitrogens with one attached hydrogen (secondary N) is 1. The molecule has 1 atom stereocenters. The van der Waals surface area contributed by atoms with Crippen LogP contribution in [0.15, 0.2) is 97.1 Å². The number of hydrogen-bond acceptors (Lipinski definition) is 5. The Morgan fingerprint density at radius 1 is 0.867 bits per heavy atom. The lowest BCUT2D eigenvalue weighted by Crippen LogP contribution is -2.47. The monoisotopic (exact) mass is 618 g/mol. The zero-order valence-corrected chi connectivity index (χ0v) is 23.9. The number of nitrogens with zero attached hydrogens (tertiary/aromatic N) is 1. The van der Waals surface area contributed by atoms with Gasteiger partial charge in [0.1, 0.15) is 24.1 Å². The van der Waals surface area contributed by atoms with Gasteiger partial charge in [-0.3, -0.25) is 14.5 Å². The van der Waals surface area contributed by atoms with Crippen molar-refractivity contribution in [2.24, 2.45) is 0 Å². The summed E-state index contributed by atoms with van der Waals surface area (Å²) in [5, 5.41) is 12.4. The molecular formula is C34H29F3N2O6. The molecule has 0 bridgehead atoms. The Bertz CT molecular complexity index is 1660. The van der Waals surface area contributed by atoms with Crippen molar-refractivity contribution in [3.8, 4) is 22.6 Å². The van der Waals surface area contributed by atoms with Crippen LogP contribution in [0.25, 0.3) is 11.1 Å². The van der Waals surface area contributed by atoms with E-state index in [4.69, 9.17) is 9.47 Å². The summed E-state index contributed by atoms with van der Waals surface area (Å²) in [6, 6.07) is 25.2. The first-order chi connectivity index (χ1) is 21.6. The van der Waals surface area contributed by atoms with Gasteiger partial charge in [0, 0.05) is 13.1 Å². The lowest BCUT2D eigenvalue weighted by Gasteiger charge is -2.34. The van der Waals surface area contributed by atoms with Gasteiger partial charge in [0.05, 0.1) is 12.0 Å². The van der Waals surface area contributed by atoms with Crippen LogP contribution in [0.3, 0.4) is 0 Å². The molecule has 0 aliphatic carbocycles. The van der Waals surface area contributed by atoms with Crippen molar-refractivity contribution in [2.45, 2.75) is 31.7 Å². The lowest BCUT2D eigenvalue weighted by molar-refractivity contribution is -0.145. The summed E-state index contributed by atoms with van der Waals surface area (Å²) in [7, 11) is 0. The van der Waals surface area contributed by atoms with Crippen molar-refractivity contribution in [2.75, 3.05) is 13.1 Å². The molecule has 1 heterocycles. The van der Waals surface area contributed by atoms with E-state index in [1.54, 1.807) is 12.1 Å². The molecule has 5 rings (SSSR count). The van der Waals surface area contributed by atoms with E-state index >= 15 is 0 Å². The third-order valence-corrected chi connectivity index (χ3v) is 7.35. The Morgan fingerprint density at radius 3 is 2.20 bits per heavy atom. The number of alkyl halides is 3. The van der Waals surface area contributed by atoms with E-state index in [1.807, 2.05) is 54.6 Å². The highest BCUT2D eigenvalue weighted by Gasteiger charge is 2.36. The molecule has 0 aromatic heterocycles. The van der Waals surface area contributed by atoms with E-state index in [-0.39, 0.29) is 37.6 Å². The second-order valence-corrected chi connectivity index (χ2v) is 10.4. The SMILES string of the molecule is O=C(CCNC(=O)[C@@H]1c2cc(Oc3ccc(C(F)(F)F)cc3)ccc2CCN1C(=O)O)OCc1ccc(-c2ccccc2)cc1. The number of ether oxygens (including phenoxy) is 2. The van der Waals surface area contributed by atoms with Gasteiger partial charge in [-0.25, -0.2) is 4.79 Å². The van der Waals surface area contributed by atoms with Gasteiger partial charge in [-0.2, -0.15) is 13.2 Å². The third-order valence-electron chi connectivity index (χ3n) is 7.35. The number of rotatable bonds is 9. The van der Waals surface area contributed by atoms with Crippen LogP contribution in [0, 0.1) is 0 Å². The van der Waals surface area contributed by atoms with Crippen molar-refractivity contribution in [1.82, 2.24) is 10.2 Å². The second-order valence-electron chi connectivity index (χ2n) is 10.4. The normalized spacial score (nSPS) is 14.3. The van der Waals surface area contributed by atoms with Crippen LogP contribution < -0.4 is 10.1 Å². The molecule has 8 nitrogen and oxygen atoms in total. The van der Waals surface area contributed by atoms with Gasteiger partial charge in [0.15, 0.2) is 0 Å². The minimum absolute atomic E-state index is 0.0619. The van der Waals surface area contributed by atoms with E-state index in [1.165, 1.54) is 18.2 Å². The number of hydrogen-bond donors (Lipinski definition) is 2. The van der Waals surface area contributed by atoms with Gasteiger partial charge in [-0.15, -0.1) is 0 Å². The zero-order chi connectivity index (χ0) is 32.0. The molecule has 0 radical (unpaired) electrons.